The summed E-state index contributed by atoms with van der Waals surface area (Å²) < 4.78 is 24.1. The van der Waals surface area contributed by atoms with E-state index in [9.17, 15) is 9.59 Å². The summed E-state index contributed by atoms with van der Waals surface area (Å²) >= 11 is 0. The van der Waals surface area contributed by atoms with E-state index in [2.05, 4.69) is 34.6 Å². The molecule has 6 heteroatoms. The number of epoxide rings is 1. The Kier molecular flexibility index (Phi) is 5.10. The lowest BCUT2D eigenvalue weighted by Gasteiger charge is -2.66. The van der Waals surface area contributed by atoms with E-state index in [1.165, 1.54) is 13.8 Å². The van der Waals surface area contributed by atoms with Gasteiger partial charge in [0.2, 0.25) is 0 Å². The van der Waals surface area contributed by atoms with Crippen LogP contribution in [0.5, 0.6) is 0 Å². The van der Waals surface area contributed by atoms with E-state index in [1.807, 2.05) is 0 Å². The SMILES string of the molecule is CC(=O)O[C@H]1CC[C@]2(C)[C@H](CC[C@]3(C)O[C@@](C)([C@@H]4CO4)[C@H](OC(C)=O)C[C@H]23)C1(C)C. The van der Waals surface area contributed by atoms with E-state index in [0.717, 1.165) is 32.1 Å². The molecule has 170 valence electrons. The molecule has 4 fully saturated rings. The fraction of sp³-hybridized carbons (Fsp3) is 0.917. The van der Waals surface area contributed by atoms with Gasteiger partial charge in [0, 0.05) is 19.3 Å². The molecule has 0 aromatic rings. The molecule has 2 saturated carbocycles. The molecule has 30 heavy (non-hydrogen) atoms. The van der Waals surface area contributed by atoms with Crippen LogP contribution in [0.3, 0.4) is 0 Å². The molecule has 2 aliphatic carbocycles. The van der Waals surface area contributed by atoms with Crippen molar-refractivity contribution in [1.82, 2.24) is 0 Å². The van der Waals surface area contributed by atoms with Crippen LogP contribution in [0.15, 0.2) is 0 Å². The Morgan fingerprint density at radius 3 is 2.03 bits per heavy atom. The van der Waals surface area contributed by atoms with Crippen LogP contribution in [0.1, 0.15) is 80.6 Å². The molecular formula is C24H38O6. The smallest absolute Gasteiger partial charge is 0.303 e. The van der Waals surface area contributed by atoms with E-state index < -0.39 is 5.60 Å². The van der Waals surface area contributed by atoms with Crippen LogP contribution >= 0.6 is 0 Å². The number of ether oxygens (including phenoxy) is 4. The molecule has 0 amide bonds. The van der Waals surface area contributed by atoms with Gasteiger partial charge in [-0.05, 0) is 63.2 Å². The molecule has 0 radical (unpaired) electrons. The zero-order valence-electron chi connectivity index (χ0n) is 19.6. The van der Waals surface area contributed by atoms with Gasteiger partial charge in [0.25, 0.3) is 0 Å². The van der Waals surface area contributed by atoms with Crippen molar-refractivity contribution in [3.05, 3.63) is 0 Å². The van der Waals surface area contributed by atoms with E-state index >= 15 is 0 Å². The second-order valence-corrected chi connectivity index (χ2v) is 11.4. The Labute approximate surface area is 180 Å². The average molecular weight is 423 g/mol. The number of esters is 2. The first-order valence-electron chi connectivity index (χ1n) is 11.5. The van der Waals surface area contributed by atoms with Crippen molar-refractivity contribution < 1.29 is 28.5 Å². The summed E-state index contributed by atoms with van der Waals surface area (Å²) in [6.07, 6.45) is 4.22. The maximum Gasteiger partial charge on any atom is 0.303 e. The molecule has 0 unspecified atom stereocenters. The van der Waals surface area contributed by atoms with Gasteiger partial charge in [-0.2, -0.15) is 0 Å². The summed E-state index contributed by atoms with van der Waals surface area (Å²) in [6, 6.07) is 0. The van der Waals surface area contributed by atoms with Crippen LogP contribution < -0.4 is 0 Å². The molecule has 0 aromatic carbocycles. The van der Waals surface area contributed by atoms with Crippen molar-refractivity contribution in [2.45, 2.75) is 110 Å². The molecule has 0 aromatic heterocycles. The number of carbonyl (C=O) groups is 2. The predicted molar refractivity (Wildman–Crippen MR) is 111 cm³/mol. The van der Waals surface area contributed by atoms with Gasteiger partial charge in [-0.3, -0.25) is 9.59 Å². The lowest BCUT2D eigenvalue weighted by Crippen LogP contribution is -2.69. The minimum Gasteiger partial charge on any atom is -0.462 e. The second-order valence-electron chi connectivity index (χ2n) is 11.4. The maximum atomic E-state index is 11.9. The van der Waals surface area contributed by atoms with Gasteiger partial charge in [0.05, 0.1) is 12.2 Å². The zero-order valence-corrected chi connectivity index (χ0v) is 19.6. The monoisotopic (exact) mass is 422 g/mol. The zero-order chi connectivity index (χ0) is 22.1. The Hall–Kier alpha value is -1.14. The predicted octanol–water partition coefficient (Wildman–Crippen LogP) is 4.04. The number of hydrogen-bond donors (Lipinski definition) is 0. The Morgan fingerprint density at radius 2 is 1.47 bits per heavy atom. The molecule has 0 bridgehead atoms. The Bertz CT molecular complexity index is 729. The molecule has 6 nitrogen and oxygen atoms in total. The third kappa shape index (κ3) is 3.29. The molecule has 8 atom stereocenters. The van der Waals surface area contributed by atoms with Gasteiger partial charge in [0.15, 0.2) is 0 Å². The van der Waals surface area contributed by atoms with Gasteiger partial charge in [0.1, 0.15) is 23.9 Å². The highest BCUT2D eigenvalue weighted by molar-refractivity contribution is 5.66. The van der Waals surface area contributed by atoms with Crippen LogP contribution in [-0.2, 0) is 28.5 Å². The standard InChI is InChI=1S/C24H38O6/c1-14(25)28-18-9-10-22(5)16(21(18,3)4)8-11-23(6)17(22)12-19(29-15(2)26)24(7,30-23)20-13-27-20/h16-20H,8-13H2,1-7H3/t16-,17-,18+,19-,20+,22-,23+,24-/m1/s1. The number of fused-ring (bicyclic) bond motifs is 3. The van der Waals surface area contributed by atoms with Crippen molar-refractivity contribution in [3.8, 4) is 0 Å². The van der Waals surface area contributed by atoms with Crippen molar-refractivity contribution in [2.24, 2.45) is 22.7 Å². The number of rotatable bonds is 3. The number of carbonyl (C=O) groups excluding carboxylic acids is 2. The van der Waals surface area contributed by atoms with Crippen molar-refractivity contribution in [3.63, 3.8) is 0 Å². The first-order chi connectivity index (χ1) is 13.8. The van der Waals surface area contributed by atoms with E-state index in [-0.39, 0.29) is 52.6 Å². The van der Waals surface area contributed by atoms with Crippen molar-refractivity contribution in [2.75, 3.05) is 6.61 Å². The van der Waals surface area contributed by atoms with Crippen molar-refractivity contribution >= 4 is 11.9 Å². The van der Waals surface area contributed by atoms with Gasteiger partial charge in [-0.25, -0.2) is 0 Å². The molecule has 2 aliphatic heterocycles. The summed E-state index contributed by atoms with van der Waals surface area (Å²) in [5.41, 5.74) is -0.980. The van der Waals surface area contributed by atoms with Crippen molar-refractivity contribution in [1.29, 1.82) is 0 Å². The van der Waals surface area contributed by atoms with Crippen LogP contribution in [0.25, 0.3) is 0 Å². The van der Waals surface area contributed by atoms with E-state index in [1.54, 1.807) is 0 Å². The first-order valence-corrected chi connectivity index (χ1v) is 11.5. The summed E-state index contributed by atoms with van der Waals surface area (Å²) in [5.74, 6) is 0.200. The van der Waals surface area contributed by atoms with Gasteiger partial charge >= 0.3 is 11.9 Å². The lowest BCUT2D eigenvalue weighted by atomic mass is 9.43. The average Bonchev–Trinajstić information content (AvgIpc) is 3.44. The quantitative estimate of drug-likeness (QED) is 0.505. The first kappa shape index (κ1) is 22.1. The molecule has 4 aliphatic rings. The van der Waals surface area contributed by atoms with Crippen LogP contribution in [0.2, 0.25) is 0 Å². The van der Waals surface area contributed by atoms with Gasteiger partial charge in [-0.1, -0.05) is 20.8 Å². The molecule has 2 saturated heterocycles. The highest BCUT2D eigenvalue weighted by Crippen LogP contribution is 2.66. The minimum absolute atomic E-state index is 0.0127. The molecular weight excluding hydrogens is 384 g/mol. The Morgan fingerprint density at radius 1 is 0.867 bits per heavy atom. The van der Waals surface area contributed by atoms with Crippen LogP contribution in [-0.4, -0.2) is 48.1 Å². The van der Waals surface area contributed by atoms with Crippen LogP contribution in [0.4, 0.5) is 0 Å². The third-order valence-corrected chi connectivity index (χ3v) is 9.06. The Balaban J connectivity index is 1.67. The minimum atomic E-state index is -0.607. The van der Waals surface area contributed by atoms with Crippen LogP contribution in [0, 0.1) is 22.7 Å². The van der Waals surface area contributed by atoms with Gasteiger partial charge in [-0.15, -0.1) is 0 Å². The van der Waals surface area contributed by atoms with Gasteiger partial charge < -0.3 is 18.9 Å². The van der Waals surface area contributed by atoms with E-state index in [0.29, 0.717) is 12.5 Å². The largest absolute Gasteiger partial charge is 0.462 e. The normalized spacial score (nSPS) is 49.4. The molecule has 0 spiro atoms. The van der Waals surface area contributed by atoms with E-state index in [4.69, 9.17) is 18.9 Å². The molecule has 0 N–H and O–H groups in total. The topological polar surface area (TPSA) is 74.4 Å². The lowest BCUT2D eigenvalue weighted by molar-refractivity contribution is -0.307. The molecule has 4 rings (SSSR count). The fourth-order valence-corrected chi connectivity index (χ4v) is 7.57. The summed E-state index contributed by atoms with van der Waals surface area (Å²) in [6.45, 7) is 14.8. The summed E-state index contributed by atoms with van der Waals surface area (Å²) in [5, 5.41) is 0. The maximum absolute atomic E-state index is 11.9. The second kappa shape index (κ2) is 6.93. The third-order valence-electron chi connectivity index (χ3n) is 9.06. The fourth-order valence-electron chi connectivity index (χ4n) is 7.57. The summed E-state index contributed by atoms with van der Waals surface area (Å²) in [7, 11) is 0. The number of hydrogen-bond acceptors (Lipinski definition) is 6. The summed E-state index contributed by atoms with van der Waals surface area (Å²) in [4.78, 5) is 23.6. The highest BCUT2D eigenvalue weighted by atomic mass is 16.6. The molecule has 2 heterocycles. The highest BCUT2D eigenvalue weighted by Gasteiger charge is 2.68.